The van der Waals surface area contributed by atoms with Crippen molar-refractivity contribution in [2.24, 2.45) is 10.1 Å². The molecule has 3 N–H and O–H groups in total. The van der Waals surface area contributed by atoms with Crippen molar-refractivity contribution in [1.82, 2.24) is 14.9 Å². The van der Waals surface area contributed by atoms with Gasteiger partial charge in [0, 0.05) is 25.2 Å². The molecule has 1 amide bonds. The topological polar surface area (TPSA) is 147 Å². The van der Waals surface area contributed by atoms with E-state index in [9.17, 15) is 14.4 Å². The van der Waals surface area contributed by atoms with Crippen molar-refractivity contribution in [1.29, 1.82) is 0 Å². The highest BCUT2D eigenvalue weighted by Crippen LogP contribution is 2.12. The monoisotopic (exact) mass is 578 g/mol. The quantitative estimate of drug-likeness (QED) is 0.134. The molecule has 11 nitrogen and oxygen atoms in total. The predicted molar refractivity (Wildman–Crippen MR) is 161 cm³/mol. The number of thioether (sulfide) groups is 1. The molecule has 0 saturated carbocycles. The number of nitrogens with zero attached hydrogens (tertiary/aromatic N) is 4. The van der Waals surface area contributed by atoms with Crippen molar-refractivity contribution in [3.05, 3.63) is 94.5 Å². The molecule has 0 radical (unpaired) electrons. The third kappa shape index (κ3) is 10.00. The molecule has 0 saturated heterocycles. The molecule has 3 rings (SSSR count). The number of carbonyl (C=O) groups is 2. The maximum Gasteiger partial charge on any atom is 0.294 e. The molecule has 0 aliphatic carbocycles. The van der Waals surface area contributed by atoms with Crippen LogP contribution in [0.15, 0.2) is 88.0 Å². The number of aromatic nitrogens is 2. The van der Waals surface area contributed by atoms with E-state index in [1.165, 1.54) is 35.8 Å². The highest BCUT2D eigenvalue weighted by Gasteiger charge is 2.24. The van der Waals surface area contributed by atoms with Gasteiger partial charge in [0.15, 0.2) is 11.6 Å². The first kappa shape index (κ1) is 31.2. The lowest BCUT2D eigenvalue weighted by molar-refractivity contribution is -0.128. The minimum Gasteiger partial charge on any atom is -0.411 e. The Bertz CT molecular complexity index is 1400. The molecule has 0 spiro atoms. The van der Waals surface area contributed by atoms with Gasteiger partial charge in [-0.3, -0.25) is 23.9 Å². The first-order chi connectivity index (χ1) is 19.9. The van der Waals surface area contributed by atoms with Gasteiger partial charge in [-0.2, -0.15) is 0 Å². The normalized spacial score (nSPS) is 12.5. The van der Waals surface area contributed by atoms with E-state index in [1.54, 1.807) is 6.92 Å². The number of benzene rings is 2. The average molecular weight is 579 g/mol. The molecular formula is C29H34N6O5S. The van der Waals surface area contributed by atoms with Crippen molar-refractivity contribution >= 4 is 40.7 Å². The summed E-state index contributed by atoms with van der Waals surface area (Å²) in [6.45, 7) is 1.61. The van der Waals surface area contributed by atoms with E-state index >= 15 is 0 Å². The van der Waals surface area contributed by atoms with Crippen LogP contribution in [0, 0.1) is 0 Å². The zero-order chi connectivity index (χ0) is 29.5. The number of hydrogen-bond acceptors (Lipinski definition) is 10. The summed E-state index contributed by atoms with van der Waals surface area (Å²) >= 11 is 1.47. The lowest BCUT2D eigenvalue weighted by Gasteiger charge is -2.20. The Morgan fingerprint density at radius 1 is 1.07 bits per heavy atom. The van der Waals surface area contributed by atoms with Crippen molar-refractivity contribution in [2.45, 2.75) is 25.3 Å². The summed E-state index contributed by atoms with van der Waals surface area (Å²) in [5, 5.41) is 17.7. The number of Topliss-reactive ketones (excluding diaryl/α,β-unsaturated/α-hetero) is 1. The minimum absolute atomic E-state index is 0.0198. The second kappa shape index (κ2) is 16.7. The summed E-state index contributed by atoms with van der Waals surface area (Å²) in [5.41, 5.74) is 2.17. The van der Waals surface area contributed by atoms with Crippen LogP contribution in [-0.4, -0.2) is 70.4 Å². The standard InChI is InChI=1S/C29H34N6O5S/c1-21(34-39)25(30-2)16-32-27-29(38)35(14-13-31-27)26(18-40-17-22-9-5-3-6-10-22)28(37)33-15-24(36)20-41-19-23-11-7-4-8-12-23/h3-14,26,39H,15-20H2,1-2H3,(H,31,32)(H,33,37)/b30-25-,34-21-. The van der Waals surface area contributed by atoms with Gasteiger partial charge in [0.2, 0.25) is 5.91 Å². The highest BCUT2D eigenvalue weighted by atomic mass is 32.2. The molecule has 41 heavy (non-hydrogen) atoms. The summed E-state index contributed by atoms with van der Waals surface area (Å²) in [6, 6.07) is 18.2. The largest absolute Gasteiger partial charge is 0.411 e. The van der Waals surface area contributed by atoms with Crippen LogP contribution in [-0.2, 0) is 26.7 Å². The SMILES string of the molecule is C/N=C(CNc1nccn(C(COCc2ccccc2)C(=O)NCC(=O)CSCc2ccccc2)c1=O)\C(C)=N/O. The van der Waals surface area contributed by atoms with Crippen LogP contribution in [0.25, 0.3) is 0 Å². The minimum atomic E-state index is -1.06. The Hall–Kier alpha value is -4.29. The first-order valence-corrected chi connectivity index (χ1v) is 14.1. The summed E-state index contributed by atoms with van der Waals surface area (Å²) in [6.07, 6.45) is 2.79. The number of carbonyl (C=O) groups excluding carboxylic acids is 2. The fraction of sp³-hybridized carbons (Fsp3) is 0.310. The van der Waals surface area contributed by atoms with E-state index in [0.29, 0.717) is 11.5 Å². The number of oxime groups is 1. The predicted octanol–water partition coefficient (Wildman–Crippen LogP) is 2.95. The zero-order valence-electron chi connectivity index (χ0n) is 23.0. The number of aliphatic imine (C=N–C) groups is 1. The Kier molecular flexibility index (Phi) is 12.7. The van der Waals surface area contributed by atoms with Crippen LogP contribution in [0.5, 0.6) is 0 Å². The lowest BCUT2D eigenvalue weighted by atomic mass is 10.2. The summed E-state index contributed by atoms with van der Waals surface area (Å²) in [7, 11) is 1.54. The second-order valence-electron chi connectivity index (χ2n) is 8.95. The maximum atomic E-state index is 13.3. The number of hydrogen-bond donors (Lipinski definition) is 3. The molecule has 1 aromatic heterocycles. The van der Waals surface area contributed by atoms with Gasteiger partial charge < -0.3 is 20.6 Å². The number of ether oxygens (including phenoxy) is 1. The van der Waals surface area contributed by atoms with Crippen LogP contribution in [0.4, 0.5) is 5.82 Å². The van der Waals surface area contributed by atoms with Gasteiger partial charge in [-0.15, -0.1) is 11.8 Å². The van der Waals surface area contributed by atoms with E-state index < -0.39 is 17.5 Å². The van der Waals surface area contributed by atoms with Gasteiger partial charge in [-0.05, 0) is 18.1 Å². The van der Waals surface area contributed by atoms with Gasteiger partial charge in [0.25, 0.3) is 5.56 Å². The van der Waals surface area contributed by atoms with E-state index in [-0.39, 0.29) is 49.4 Å². The Morgan fingerprint density at radius 3 is 2.41 bits per heavy atom. The van der Waals surface area contributed by atoms with Crippen LogP contribution >= 0.6 is 11.8 Å². The fourth-order valence-electron chi connectivity index (χ4n) is 3.74. The third-order valence-electron chi connectivity index (χ3n) is 5.99. The first-order valence-electron chi connectivity index (χ1n) is 12.9. The maximum absolute atomic E-state index is 13.3. The van der Waals surface area contributed by atoms with Gasteiger partial charge in [-0.1, -0.05) is 65.8 Å². The summed E-state index contributed by atoms with van der Waals surface area (Å²) in [5.74, 6) is 0.240. The van der Waals surface area contributed by atoms with Crippen molar-refractivity contribution in [2.75, 3.05) is 37.8 Å². The van der Waals surface area contributed by atoms with Crippen LogP contribution in [0.2, 0.25) is 0 Å². The second-order valence-corrected chi connectivity index (χ2v) is 9.93. The van der Waals surface area contributed by atoms with Crippen LogP contribution in [0.3, 0.4) is 0 Å². The van der Waals surface area contributed by atoms with E-state index in [1.807, 2.05) is 60.7 Å². The fourth-order valence-corrected chi connectivity index (χ4v) is 4.60. The number of ketones is 1. The molecule has 12 heteroatoms. The smallest absolute Gasteiger partial charge is 0.294 e. The van der Waals surface area contributed by atoms with Crippen molar-refractivity contribution in [3.8, 4) is 0 Å². The summed E-state index contributed by atoms with van der Waals surface area (Å²) in [4.78, 5) is 47.2. The molecule has 1 unspecified atom stereocenters. The lowest BCUT2D eigenvalue weighted by Crippen LogP contribution is -2.42. The summed E-state index contributed by atoms with van der Waals surface area (Å²) < 4.78 is 7.04. The highest BCUT2D eigenvalue weighted by molar-refractivity contribution is 7.99. The van der Waals surface area contributed by atoms with Crippen LogP contribution < -0.4 is 16.2 Å². The van der Waals surface area contributed by atoms with Gasteiger partial charge in [0.05, 0.1) is 43.5 Å². The number of rotatable bonds is 16. The molecule has 0 bridgehead atoms. The van der Waals surface area contributed by atoms with Gasteiger partial charge in [-0.25, -0.2) is 4.98 Å². The molecule has 1 heterocycles. The molecule has 2 aromatic carbocycles. The molecule has 1 atom stereocenters. The van der Waals surface area contributed by atoms with E-state index in [0.717, 1.165) is 11.1 Å². The molecule has 216 valence electrons. The zero-order valence-corrected chi connectivity index (χ0v) is 23.8. The third-order valence-corrected chi connectivity index (χ3v) is 7.05. The number of anilines is 1. The van der Waals surface area contributed by atoms with E-state index in [2.05, 4.69) is 25.8 Å². The van der Waals surface area contributed by atoms with Crippen molar-refractivity contribution < 1.29 is 19.5 Å². The van der Waals surface area contributed by atoms with Gasteiger partial charge in [0.1, 0.15) is 6.04 Å². The Balaban J connectivity index is 1.68. The molecule has 3 aromatic rings. The van der Waals surface area contributed by atoms with Gasteiger partial charge >= 0.3 is 0 Å². The number of nitrogens with one attached hydrogen (secondary N) is 2. The molecule has 0 fully saturated rings. The Labute approximate surface area is 242 Å². The Morgan fingerprint density at radius 2 is 1.76 bits per heavy atom. The average Bonchev–Trinajstić information content (AvgIpc) is 3.00. The van der Waals surface area contributed by atoms with E-state index in [4.69, 9.17) is 9.94 Å². The number of amides is 1. The molecule has 0 aliphatic heterocycles. The van der Waals surface area contributed by atoms with Crippen molar-refractivity contribution in [3.63, 3.8) is 0 Å². The molecular weight excluding hydrogens is 544 g/mol. The van der Waals surface area contributed by atoms with Crippen LogP contribution in [0.1, 0.15) is 24.1 Å². The molecule has 0 aliphatic rings.